The van der Waals surface area contributed by atoms with Crippen molar-refractivity contribution in [2.45, 2.75) is 26.2 Å². The number of nitrogens with two attached hydrogens (primary N) is 1. The van der Waals surface area contributed by atoms with Gasteiger partial charge in [0.2, 0.25) is 5.95 Å². The summed E-state index contributed by atoms with van der Waals surface area (Å²) < 4.78 is 0. The molecular weight excluding hydrogens is 416 g/mol. The predicted octanol–water partition coefficient (Wildman–Crippen LogP) is 4.26. The molecule has 30 heavy (non-hydrogen) atoms. The summed E-state index contributed by atoms with van der Waals surface area (Å²) in [7, 11) is 0. The topological polar surface area (TPSA) is 79.1 Å². The number of aryl methyl sites for hydroxylation is 1. The SMILES string of the molecule is Cc1cnc(NCCCN2CCCC2)nc1/C(N)=C1/NC(c2ccc(Cl)cc2)=CS1. The molecule has 158 valence electrons. The molecule has 4 rings (SSSR count). The Morgan fingerprint density at radius 2 is 2.03 bits per heavy atom. The van der Waals surface area contributed by atoms with Crippen LogP contribution in [-0.2, 0) is 0 Å². The number of aromatic nitrogens is 2. The first-order valence-electron chi connectivity index (χ1n) is 10.3. The van der Waals surface area contributed by atoms with Crippen molar-refractivity contribution in [2.75, 3.05) is 31.5 Å². The van der Waals surface area contributed by atoms with Crippen molar-refractivity contribution in [2.24, 2.45) is 5.73 Å². The van der Waals surface area contributed by atoms with E-state index >= 15 is 0 Å². The maximum Gasteiger partial charge on any atom is 0.223 e. The van der Waals surface area contributed by atoms with Crippen LogP contribution < -0.4 is 16.4 Å². The van der Waals surface area contributed by atoms with E-state index in [1.54, 1.807) is 11.8 Å². The Bertz CT molecular complexity index is 951. The van der Waals surface area contributed by atoms with Crippen LogP contribution in [0.2, 0.25) is 5.02 Å². The molecule has 1 aromatic heterocycles. The molecule has 1 saturated heterocycles. The number of likely N-dealkylation sites (tertiary alicyclic amines) is 1. The van der Waals surface area contributed by atoms with E-state index in [4.69, 9.17) is 17.3 Å². The third kappa shape index (κ3) is 5.09. The average Bonchev–Trinajstić information content (AvgIpc) is 3.45. The van der Waals surface area contributed by atoms with Gasteiger partial charge in [-0.3, -0.25) is 0 Å². The largest absolute Gasteiger partial charge is 0.395 e. The van der Waals surface area contributed by atoms with Gasteiger partial charge in [0.05, 0.1) is 17.1 Å². The normalized spacial score (nSPS) is 18.3. The first-order chi connectivity index (χ1) is 14.6. The van der Waals surface area contributed by atoms with Gasteiger partial charge in [-0.2, -0.15) is 0 Å². The van der Waals surface area contributed by atoms with Gasteiger partial charge in [-0.1, -0.05) is 35.5 Å². The second-order valence-corrected chi connectivity index (χ2v) is 8.89. The summed E-state index contributed by atoms with van der Waals surface area (Å²) in [6, 6.07) is 7.73. The Labute approximate surface area is 187 Å². The van der Waals surface area contributed by atoms with Crippen LogP contribution in [-0.4, -0.2) is 41.0 Å². The highest BCUT2D eigenvalue weighted by Gasteiger charge is 2.18. The molecule has 0 atom stereocenters. The van der Waals surface area contributed by atoms with Crippen molar-refractivity contribution in [3.8, 4) is 0 Å². The van der Waals surface area contributed by atoms with Gasteiger partial charge in [-0.15, -0.1) is 0 Å². The molecule has 2 aliphatic heterocycles. The highest BCUT2D eigenvalue weighted by molar-refractivity contribution is 8.06. The van der Waals surface area contributed by atoms with Gasteiger partial charge in [0, 0.05) is 23.2 Å². The smallest absolute Gasteiger partial charge is 0.223 e. The molecule has 0 bridgehead atoms. The van der Waals surface area contributed by atoms with E-state index in [1.807, 2.05) is 37.4 Å². The average molecular weight is 443 g/mol. The highest BCUT2D eigenvalue weighted by atomic mass is 35.5. The van der Waals surface area contributed by atoms with E-state index < -0.39 is 0 Å². The molecule has 0 saturated carbocycles. The van der Waals surface area contributed by atoms with Crippen LogP contribution in [0.1, 0.15) is 36.1 Å². The van der Waals surface area contributed by atoms with Gasteiger partial charge >= 0.3 is 0 Å². The lowest BCUT2D eigenvalue weighted by Crippen LogP contribution is -2.22. The second kappa shape index (κ2) is 9.73. The second-order valence-electron chi connectivity index (χ2n) is 7.58. The maximum atomic E-state index is 6.49. The summed E-state index contributed by atoms with van der Waals surface area (Å²) in [4.78, 5) is 11.6. The number of nitrogens with zero attached hydrogens (tertiary/aromatic N) is 3. The lowest BCUT2D eigenvalue weighted by atomic mass is 10.2. The Morgan fingerprint density at radius 3 is 2.80 bits per heavy atom. The van der Waals surface area contributed by atoms with E-state index in [9.17, 15) is 0 Å². The third-order valence-corrected chi connectivity index (χ3v) is 6.47. The summed E-state index contributed by atoms with van der Waals surface area (Å²) in [6.07, 6.45) is 5.56. The Morgan fingerprint density at radius 1 is 1.27 bits per heavy atom. The Kier molecular flexibility index (Phi) is 6.82. The fourth-order valence-corrected chi connectivity index (χ4v) is 4.57. The molecule has 2 aromatic rings. The minimum atomic E-state index is 0.620. The van der Waals surface area contributed by atoms with Crippen LogP contribution in [0.25, 0.3) is 11.4 Å². The van der Waals surface area contributed by atoms with Crippen molar-refractivity contribution >= 4 is 40.7 Å². The van der Waals surface area contributed by atoms with Crippen molar-refractivity contribution in [3.63, 3.8) is 0 Å². The number of thioether (sulfide) groups is 1. The number of benzene rings is 1. The first-order valence-corrected chi connectivity index (χ1v) is 11.6. The summed E-state index contributed by atoms with van der Waals surface area (Å²) in [5.41, 5.74) is 10.9. The molecular formula is C22H27ClN6S. The Balaban J connectivity index is 1.40. The highest BCUT2D eigenvalue weighted by Crippen LogP contribution is 2.34. The van der Waals surface area contributed by atoms with Crippen LogP contribution >= 0.6 is 23.4 Å². The van der Waals surface area contributed by atoms with Crippen LogP contribution in [0.3, 0.4) is 0 Å². The van der Waals surface area contributed by atoms with Crippen molar-refractivity contribution in [3.05, 3.63) is 62.7 Å². The van der Waals surface area contributed by atoms with Crippen LogP contribution in [0, 0.1) is 6.92 Å². The van der Waals surface area contributed by atoms with E-state index in [0.717, 1.165) is 52.1 Å². The van der Waals surface area contributed by atoms with Gasteiger partial charge in [0.25, 0.3) is 0 Å². The van der Waals surface area contributed by atoms with Gasteiger partial charge < -0.3 is 21.3 Å². The predicted molar refractivity (Wildman–Crippen MR) is 127 cm³/mol. The lowest BCUT2D eigenvalue weighted by Gasteiger charge is -2.15. The number of hydrogen-bond donors (Lipinski definition) is 3. The molecule has 0 aliphatic carbocycles. The van der Waals surface area contributed by atoms with Crippen LogP contribution in [0.4, 0.5) is 5.95 Å². The molecule has 0 unspecified atom stereocenters. The number of halogens is 1. The number of nitrogens with one attached hydrogen (secondary N) is 2. The monoisotopic (exact) mass is 442 g/mol. The number of anilines is 1. The van der Waals surface area contributed by atoms with Gasteiger partial charge in [-0.25, -0.2) is 9.97 Å². The summed E-state index contributed by atoms with van der Waals surface area (Å²) in [5.74, 6) is 0.620. The number of hydrogen-bond acceptors (Lipinski definition) is 7. The van der Waals surface area contributed by atoms with Crippen molar-refractivity contribution in [1.29, 1.82) is 0 Å². The summed E-state index contributed by atoms with van der Waals surface area (Å²) >= 11 is 7.56. The molecule has 0 spiro atoms. The zero-order chi connectivity index (χ0) is 20.9. The molecule has 6 nitrogen and oxygen atoms in total. The van der Waals surface area contributed by atoms with Crippen LogP contribution in [0.15, 0.2) is 40.9 Å². The molecule has 1 aromatic carbocycles. The number of rotatable bonds is 7. The summed E-state index contributed by atoms with van der Waals surface area (Å²) in [6.45, 7) is 6.41. The van der Waals surface area contributed by atoms with Gasteiger partial charge in [-0.05, 0) is 69.1 Å². The van der Waals surface area contributed by atoms with E-state index in [-0.39, 0.29) is 0 Å². The van der Waals surface area contributed by atoms with E-state index in [0.29, 0.717) is 11.6 Å². The summed E-state index contributed by atoms with van der Waals surface area (Å²) in [5, 5.41) is 10.4. The quantitative estimate of drug-likeness (QED) is 0.553. The Hall–Kier alpha value is -2.22. The molecule has 2 aliphatic rings. The lowest BCUT2D eigenvalue weighted by molar-refractivity contribution is 0.337. The fraction of sp³-hybridized carbons (Fsp3) is 0.364. The van der Waals surface area contributed by atoms with E-state index in [2.05, 4.69) is 30.9 Å². The first kappa shape index (κ1) is 21.0. The fourth-order valence-electron chi connectivity index (χ4n) is 3.62. The maximum absolute atomic E-state index is 6.49. The third-order valence-electron chi connectivity index (χ3n) is 5.30. The molecule has 0 amide bonds. The van der Waals surface area contributed by atoms with Gasteiger partial charge in [0.15, 0.2) is 0 Å². The molecule has 4 N–H and O–H groups in total. The van der Waals surface area contributed by atoms with Crippen LogP contribution in [0.5, 0.6) is 0 Å². The zero-order valence-corrected chi connectivity index (χ0v) is 18.7. The zero-order valence-electron chi connectivity index (χ0n) is 17.1. The van der Waals surface area contributed by atoms with Crippen molar-refractivity contribution in [1.82, 2.24) is 20.2 Å². The molecule has 8 heteroatoms. The molecule has 1 fully saturated rings. The standard InChI is InChI=1S/C22H27ClN6S/c1-15-13-26-22(25-9-4-12-29-10-2-3-11-29)28-20(15)19(24)21-27-18(14-30-21)16-5-7-17(23)8-6-16/h5-8,13-14,27H,2-4,9-12,24H2,1H3,(H,25,26,28)/b21-19+. The van der Waals surface area contributed by atoms with Gasteiger partial charge in [0.1, 0.15) is 5.03 Å². The van der Waals surface area contributed by atoms with Crippen molar-refractivity contribution < 1.29 is 0 Å². The minimum Gasteiger partial charge on any atom is -0.395 e. The minimum absolute atomic E-state index is 0.620. The van der Waals surface area contributed by atoms with E-state index in [1.165, 1.54) is 25.9 Å². The molecule has 3 heterocycles. The molecule has 0 radical (unpaired) electrons.